The fraction of sp³-hybridized carbons (Fsp3) is 0.562. The monoisotopic (exact) mass is 340 g/mol. The molecular formula is C16H25BrN2O. The summed E-state index contributed by atoms with van der Waals surface area (Å²) in [6.07, 6.45) is 1.95. The molecule has 0 fully saturated rings. The third kappa shape index (κ3) is 4.23. The Balaban J connectivity index is 3.05. The van der Waals surface area contributed by atoms with E-state index in [2.05, 4.69) is 43.6 Å². The molecule has 0 heterocycles. The van der Waals surface area contributed by atoms with Crippen molar-refractivity contribution < 1.29 is 4.79 Å². The highest BCUT2D eigenvalue weighted by Crippen LogP contribution is 2.23. The Hall–Kier alpha value is -1.03. The average Bonchev–Trinajstić information content (AvgIpc) is 2.41. The first kappa shape index (κ1) is 17.0. The van der Waals surface area contributed by atoms with Crippen LogP contribution in [0.3, 0.4) is 0 Å². The summed E-state index contributed by atoms with van der Waals surface area (Å²) in [5, 5.41) is 0. The molecule has 0 bridgehead atoms. The number of anilines is 1. The zero-order valence-corrected chi connectivity index (χ0v) is 14.4. The Bertz CT molecular complexity index is 456. The molecule has 1 rings (SSSR count). The number of carbonyl (C=O) groups excluding carboxylic acids is 1. The van der Waals surface area contributed by atoms with Crippen molar-refractivity contribution >= 4 is 27.5 Å². The van der Waals surface area contributed by atoms with Gasteiger partial charge in [0.25, 0.3) is 5.91 Å². The molecule has 0 aliphatic carbocycles. The van der Waals surface area contributed by atoms with E-state index in [9.17, 15) is 4.79 Å². The maximum absolute atomic E-state index is 12.8. The van der Waals surface area contributed by atoms with Crippen LogP contribution < -0.4 is 5.73 Å². The van der Waals surface area contributed by atoms with Gasteiger partial charge in [0.15, 0.2) is 0 Å². The predicted molar refractivity (Wildman–Crippen MR) is 88.8 cm³/mol. The Morgan fingerprint density at radius 2 is 1.90 bits per heavy atom. The van der Waals surface area contributed by atoms with Gasteiger partial charge in [0.05, 0.1) is 0 Å². The molecule has 0 aliphatic rings. The zero-order chi connectivity index (χ0) is 15.3. The van der Waals surface area contributed by atoms with Gasteiger partial charge in [-0.05, 0) is 52.9 Å². The Morgan fingerprint density at radius 3 is 2.35 bits per heavy atom. The number of hydrogen-bond donors (Lipinski definition) is 1. The number of amides is 1. The summed E-state index contributed by atoms with van der Waals surface area (Å²) in [6, 6.07) is 5.68. The standard InChI is InChI=1S/C16H25BrN2O/c1-5-13(6-2)19(10-11(3)4)16(20)12-7-8-15(18)14(17)9-12/h7-9,11,13H,5-6,10,18H2,1-4H3. The van der Waals surface area contributed by atoms with E-state index < -0.39 is 0 Å². The van der Waals surface area contributed by atoms with Crippen LogP contribution in [-0.4, -0.2) is 23.4 Å². The fourth-order valence-electron chi connectivity index (χ4n) is 2.35. The molecule has 0 spiro atoms. The Labute approximate surface area is 130 Å². The molecule has 1 aromatic carbocycles. The zero-order valence-electron chi connectivity index (χ0n) is 12.8. The van der Waals surface area contributed by atoms with E-state index in [4.69, 9.17) is 5.73 Å². The first-order valence-electron chi connectivity index (χ1n) is 7.26. The van der Waals surface area contributed by atoms with Crippen LogP contribution in [0.4, 0.5) is 5.69 Å². The van der Waals surface area contributed by atoms with Crippen molar-refractivity contribution in [3.8, 4) is 0 Å². The van der Waals surface area contributed by atoms with Crippen LogP contribution in [0.15, 0.2) is 22.7 Å². The van der Waals surface area contributed by atoms with E-state index in [0.717, 1.165) is 23.9 Å². The lowest BCUT2D eigenvalue weighted by atomic mass is 10.1. The van der Waals surface area contributed by atoms with Gasteiger partial charge in [-0.25, -0.2) is 0 Å². The van der Waals surface area contributed by atoms with Crippen molar-refractivity contribution in [2.24, 2.45) is 5.92 Å². The fourth-order valence-corrected chi connectivity index (χ4v) is 2.73. The lowest BCUT2D eigenvalue weighted by Crippen LogP contribution is -2.42. The van der Waals surface area contributed by atoms with Crippen LogP contribution in [0.25, 0.3) is 0 Å². The van der Waals surface area contributed by atoms with Gasteiger partial charge in [0.1, 0.15) is 0 Å². The van der Waals surface area contributed by atoms with Crippen LogP contribution in [-0.2, 0) is 0 Å². The SMILES string of the molecule is CCC(CC)N(CC(C)C)C(=O)c1ccc(N)c(Br)c1. The molecule has 112 valence electrons. The molecule has 4 heteroatoms. The van der Waals surface area contributed by atoms with Crippen LogP contribution >= 0.6 is 15.9 Å². The van der Waals surface area contributed by atoms with E-state index in [1.54, 1.807) is 12.1 Å². The summed E-state index contributed by atoms with van der Waals surface area (Å²) in [5.41, 5.74) is 7.13. The molecule has 0 saturated heterocycles. The molecule has 0 aliphatic heterocycles. The van der Waals surface area contributed by atoms with Crippen LogP contribution in [0.1, 0.15) is 50.9 Å². The summed E-state index contributed by atoms with van der Waals surface area (Å²) in [4.78, 5) is 14.8. The van der Waals surface area contributed by atoms with E-state index in [1.807, 2.05) is 11.0 Å². The molecular weight excluding hydrogens is 316 g/mol. The van der Waals surface area contributed by atoms with Crippen LogP contribution in [0.2, 0.25) is 0 Å². The second-order valence-electron chi connectivity index (χ2n) is 5.56. The molecule has 1 amide bonds. The molecule has 1 aromatic rings. The summed E-state index contributed by atoms with van der Waals surface area (Å²) >= 11 is 3.39. The number of nitrogen functional groups attached to an aromatic ring is 1. The van der Waals surface area contributed by atoms with Crippen molar-refractivity contribution in [2.75, 3.05) is 12.3 Å². The van der Waals surface area contributed by atoms with Crippen LogP contribution in [0.5, 0.6) is 0 Å². The Kier molecular flexibility index (Phi) is 6.53. The maximum atomic E-state index is 12.8. The number of halogens is 1. The largest absolute Gasteiger partial charge is 0.398 e. The average molecular weight is 341 g/mol. The van der Waals surface area contributed by atoms with Crippen molar-refractivity contribution in [3.05, 3.63) is 28.2 Å². The molecule has 0 radical (unpaired) electrons. The van der Waals surface area contributed by atoms with Crippen molar-refractivity contribution in [1.29, 1.82) is 0 Å². The minimum atomic E-state index is 0.0908. The first-order valence-corrected chi connectivity index (χ1v) is 8.05. The number of carbonyl (C=O) groups is 1. The second kappa shape index (κ2) is 7.67. The van der Waals surface area contributed by atoms with E-state index >= 15 is 0 Å². The molecule has 2 N–H and O–H groups in total. The van der Waals surface area contributed by atoms with E-state index in [1.165, 1.54) is 0 Å². The first-order chi connectivity index (χ1) is 9.40. The number of nitrogens with two attached hydrogens (primary N) is 1. The summed E-state index contributed by atoms with van der Waals surface area (Å²) in [7, 11) is 0. The predicted octanol–water partition coefficient (Wildman–Crippen LogP) is 4.32. The van der Waals surface area contributed by atoms with Gasteiger partial charge in [-0.1, -0.05) is 27.7 Å². The van der Waals surface area contributed by atoms with Gasteiger partial charge in [-0.15, -0.1) is 0 Å². The van der Waals surface area contributed by atoms with Gasteiger partial charge in [-0.2, -0.15) is 0 Å². The highest BCUT2D eigenvalue weighted by molar-refractivity contribution is 9.10. The van der Waals surface area contributed by atoms with Gasteiger partial charge in [-0.3, -0.25) is 4.79 Å². The normalized spacial score (nSPS) is 11.2. The molecule has 0 unspecified atom stereocenters. The van der Waals surface area contributed by atoms with Gasteiger partial charge < -0.3 is 10.6 Å². The van der Waals surface area contributed by atoms with Crippen molar-refractivity contribution in [3.63, 3.8) is 0 Å². The van der Waals surface area contributed by atoms with E-state index in [0.29, 0.717) is 23.2 Å². The quantitative estimate of drug-likeness (QED) is 0.784. The number of hydrogen-bond acceptors (Lipinski definition) is 2. The highest BCUT2D eigenvalue weighted by atomic mass is 79.9. The molecule has 20 heavy (non-hydrogen) atoms. The van der Waals surface area contributed by atoms with E-state index in [-0.39, 0.29) is 5.91 Å². The Morgan fingerprint density at radius 1 is 1.30 bits per heavy atom. The minimum Gasteiger partial charge on any atom is -0.398 e. The highest BCUT2D eigenvalue weighted by Gasteiger charge is 2.23. The summed E-state index contributed by atoms with van der Waals surface area (Å²) < 4.78 is 0.775. The van der Waals surface area contributed by atoms with Gasteiger partial charge in [0, 0.05) is 28.3 Å². The van der Waals surface area contributed by atoms with Gasteiger partial charge in [0.2, 0.25) is 0 Å². The smallest absolute Gasteiger partial charge is 0.254 e. The minimum absolute atomic E-state index is 0.0908. The van der Waals surface area contributed by atoms with Crippen molar-refractivity contribution in [2.45, 2.75) is 46.6 Å². The molecule has 0 aromatic heterocycles. The number of rotatable bonds is 6. The third-order valence-electron chi connectivity index (χ3n) is 3.45. The molecule has 0 atom stereocenters. The lowest BCUT2D eigenvalue weighted by Gasteiger charge is -2.32. The topological polar surface area (TPSA) is 46.3 Å². The van der Waals surface area contributed by atoms with Crippen LogP contribution in [0, 0.1) is 5.92 Å². The maximum Gasteiger partial charge on any atom is 0.254 e. The number of nitrogens with zero attached hydrogens (tertiary/aromatic N) is 1. The second-order valence-corrected chi connectivity index (χ2v) is 6.41. The van der Waals surface area contributed by atoms with Gasteiger partial charge >= 0.3 is 0 Å². The summed E-state index contributed by atoms with van der Waals surface area (Å²) in [6.45, 7) is 9.33. The molecule has 0 saturated carbocycles. The summed E-state index contributed by atoms with van der Waals surface area (Å²) in [5.74, 6) is 0.546. The third-order valence-corrected chi connectivity index (χ3v) is 4.14. The lowest BCUT2D eigenvalue weighted by molar-refractivity contribution is 0.0640. The van der Waals surface area contributed by atoms with Crippen molar-refractivity contribution in [1.82, 2.24) is 4.90 Å². The molecule has 3 nitrogen and oxygen atoms in total. The number of benzene rings is 1.